The Bertz CT molecular complexity index is 1490. The van der Waals surface area contributed by atoms with E-state index in [9.17, 15) is 20.0 Å². The standard InChI is InChI=1S/C28H24N4O4/c33-25-9-5-17-31(25)16-4-6-19-10-12-21(13-11-19)29-27(20-7-2-1-3-8-20)26-23-18-22(32(35)36)14-15-24(23)30-28(26)34/h1-4,6-8,10-15,18,30,34H,5,9,16-17H2. The third-order valence-electron chi connectivity index (χ3n) is 6.20. The van der Waals surface area contributed by atoms with Gasteiger partial charge < -0.3 is 15.0 Å². The molecular weight excluding hydrogens is 456 g/mol. The summed E-state index contributed by atoms with van der Waals surface area (Å²) < 4.78 is 0. The Morgan fingerprint density at radius 2 is 1.89 bits per heavy atom. The van der Waals surface area contributed by atoms with Gasteiger partial charge in [0.25, 0.3) is 5.69 Å². The number of nitro benzene ring substituents is 1. The number of nitrogens with zero attached hydrogens (tertiary/aromatic N) is 3. The molecule has 1 aliphatic heterocycles. The molecule has 3 aromatic carbocycles. The molecule has 0 spiro atoms. The van der Waals surface area contributed by atoms with Crippen molar-refractivity contribution in [3.63, 3.8) is 0 Å². The summed E-state index contributed by atoms with van der Waals surface area (Å²) in [5.41, 5.74) is 3.82. The van der Waals surface area contributed by atoms with Crippen molar-refractivity contribution in [3.05, 3.63) is 106 Å². The number of hydrogen-bond acceptors (Lipinski definition) is 5. The number of benzene rings is 3. The van der Waals surface area contributed by atoms with Crippen LogP contribution in [0.1, 0.15) is 29.5 Å². The monoisotopic (exact) mass is 480 g/mol. The van der Waals surface area contributed by atoms with E-state index in [1.807, 2.05) is 71.6 Å². The van der Waals surface area contributed by atoms with Crippen LogP contribution in [-0.2, 0) is 4.79 Å². The number of nitro groups is 1. The molecule has 0 radical (unpaired) electrons. The molecule has 0 unspecified atom stereocenters. The maximum atomic E-state index is 11.8. The molecule has 1 aliphatic rings. The summed E-state index contributed by atoms with van der Waals surface area (Å²) in [6.45, 7) is 1.41. The van der Waals surface area contributed by atoms with Crippen LogP contribution in [0.5, 0.6) is 5.88 Å². The van der Waals surface area contributed by atoms with Crippen molar-refractivity contribution in [1.82, 2.24) is 9.88 Å². The van der Waals surface area contributed by atoms with Crippen LogP contribution in [0.25, 0.3) is 17.0 Å². The van der Waals surface area contributed by atoms with Gasteiger partial charge in [-0.05, 0) is 30.2 Å². The van der Waals surface area contributed by atoms with Gasteiger partial charge in [0, 0.05) is 48.1 Å². The number of non-ortho nitro benzene ring substituents is 1. The van der Waals surface area contributed by atoms with Crippen molar-refractivity contribution in [2.45, 2.75) is 12.8 Å². The van der Waals surface area contributed by atoms with Gasteiger partial charge in [-0.3, -0.25) is 14.9 Å². The Labute approximate surface area is 207 Å². The fourth-order valence-corrected chi connectivity index (χ4v) is 4.38. The van der Waals surface area contributed by atoms with Crippen LogP contribution in [0.2, 0.25) is 0 Å². The van der Waals surface area contributed by atoms with E-state index >= 15 is 0 Å². The minimum Gasteiger partial charge on any atom is -0.494 e. The second-order valence-electron chi connectivity index (χ2n) is 8.60. The molecule has 0 atom stereocenters. The quantitative estimate of drug-likeness (QED) is 0.204. The first-order chi connectivity index (χ1) is 17.5. The van der Waals surface area contributed by atoms with Crippen LogP contribution >= 0.6 is 0 Å². The van der Waals surface area contributed by atoms with E-state index in [-0.39, 0.29) is 17.5 Å². The Hall–Kier alpha value is -4.72. The number of nitrogens with one attached hydrogen (secondary N) is 1. The van der Waals surface area contributed by atoms with E-state index in [0.717, 1.165) is 24.1 Å². The molecule has 2 heterocycles. The minimum absolute atomic E-state index is 0.0677. The Morgan fingerprint density at radius 1 is 1.11 bits per heavy atom. The zero-order valence-corrected chi connectivity index (χ0v) is 19.4. The summed E-state index contributed by atoms with van der Waals surface area (Å²) in [4.78, 5) is 32.3. The molecule has 2 N–H and O–H groups in total. The maximum absolute atomic E-state index is 11.8. The lowest BCUT2D eigenvalue weighted by molar-refractivity contribution is -0.384. The summed E-state index contributed by atoms with van der Waals surface area (Å²) >= 11 is 0. The number of hydrogen-bond donors (Lipinski definition) is 2. The van der Waals surface area contributed by atoms with Crippen molar-refractivity contribution < 1.29 is 14.8 Å². The number of aromatic hydroxyl groups is 1. The average Bonchev–Trinajstić information content (AvgIpc) is 3.45. The highest BCUT2D eigenvalue weighted by molar-refractivity contribution is 6.22. The van der Waals surface area contributed by atoms with Crippen LogP contribution in [0.4, 0.5) is 11.4 Å². The molecule has 8 nitrogen and oxygen atoms in total. The van der Waals surface area contributed by atoms with Gasteiger partial charge in [-0.2, -0.15) is 0 Å². The molecule has 0 bridgehead atoms. The first-order valence-electron chi connectivity index (χ1n) is 11.7. The first kappa shape index (κ1) is 23.0. The molecule has 0 saturated carbocycles. The Kier molecular flexibility index (Phi) is 6.32. The van der Waals surface area contributed by atoms with Crippen molar-refractivity contribution in [3.8, 4) is 5.88 Å². The normalized spacial score (nSPS) is 14.3. The number of carbonyl (C=O) groups excluding carboxylic acids is 1. The zero-order chi connectivity index (χ0) is 25.1. The van der Waals surface area contributed by atoms with Gasteiger partial charge in [-0.1, -0.05) is 54.6 Å². The highest BCUT2D eigenvalue weighted by Gasteiger charge is 2.21. The van der Waals surface area contributed by atoms with Gasteiger partial charge in [-0.25, -0.2) is 4.99 Å². The highest BCUT2D eigenvalue weighted by atomic mass is 16.6. The van der Waals surface area contributed by atoms with Crippen molar-refractivity contribution >= 4 is 40.0 Å². The number of fused-ring (bicyclic) bond motifs is 1. The van der Waals surface area contributed by atoms with E-state index in [2.05, 4.69) is 4.98 Å². The van der Waals surface area contributed by atoms with Gasteiger partial charge in [0.05, 0.1) is 21.9 Å². The molecule has 1 saturated heterocycles. The topological polar surface area (TPSA) is 112 Å². The smallest absolute Gasteiger partial charge is 0.270 e. The summed E-state index contributed by atoms with van der Waals surface area (Å²) in [5.74, 6) is 0.0905. The fourth-order valence-electron chi connectivity index (χ4n) is 4.38. The van der Waals surface area contributed by atoms with E-state index < -0.39 is 4.92 Å². The minimum atomic E-state index is -0.460. The van der Waals surface area contributed by atoms with Gasteiger partial charge in [0.1, 0.15) is 0 Å². The fraction of sp³-hybridized carbons (Fsp3) is 0.143. The van der Waals surface area contributed by atoms with Crippen LogP contribution in [0.3, 0.4) is 0 Å². The summed E-state index contributed by atoms with van der Waals surface area (Å²) in [6, 6.07) is 21.4. The van der Waals surface area contributed by atoms with Crippen LogP contribution in [0, 0.1) is 10.1 Å². The third kappa shape index (κ3) is 4.74. The lowest BCUT2D eigenvalue weighted by Crippen LogP contribution is -2.24. The van der Waals surface area contributed by atoms with E-state index in [1.165, 1.54) is 12.1 Å². The largest absolute Gasteiger partial charge is 0.494 e. The molecule has 8 heteroatoms. The lowest BCUT2D eigenvalue weighted by Gasteiger charge is -2.11. The summed E-state index contributed by atoms with van der Waals surface area (Å²) in [7, 11) is 0. The number of aliphatic imine (C=N–C) groups is 1. The van der Waals surface area contributed by atoms with Crippen LogP contribution in [0.15, 0.2) is 83.9 Å². The SMILES string of the molecule is O=C1CCCN1CC=Cc1ccc(N=C(c2ccccc2)c2c(O)[nH]c3ccc([N+](=O)[O-])cc23)cc1. The van der Waals surface area contributed by atoms with Gasteiger partial charge in [0.2, 0.25) is 5.91 Å². The van der Waals surface area contributed by atoms with Crippen molar-refractivity contribution in [1.29, 1.82) is 0 Å². The second-order valence-corrected chi connectivity index (χ2v) is 8.60. The molecular formula is C28H24N4O4. The van der Waals surface area contributed by atoms with E-state index in [4.69, 9.17) is 4.99 Å². The molecule has 1 amide bonds. The van der Waals surface area contributed by atoms with E-state index in [0.29, 0.717) is 40.8 Å². The van der Waals surface area contributed by atoms with Crippen LogP contribution in [-0.4, -0.2) is 44.6 Å². The number of carbonyl (C=O) groups is 1. The maximum Gasteiger partial charge on any atom is 0.270 e. The third-order valence-corrected chi connectivity index (χ3v) is 6.20. The zero-order valence-electron chi connectivity index (χ0n) is 19.4. The van der Waals surface area contributed by atoms with Crippen molar-refractivity contribution in [2.24, 2.45) is 4.99 Å². The first-order valence-corrected chi connectivity index (χ1v) is 11.7. The number of aromatic nitrogens is 1. The number of rotatable bonds is 7. The predicted octanol–water partition coefficient (Wildman–Crippen LogP) is 5.59. The number of aromatic amines is 1. The molecule has 36 heavy (non-hydrogen) atoms. The Balaban J connectivity index is 1.50. The molecule has 1 aromatic heterocycles. The van der Waals surface area contributed by atoms with Gasteiger partial charge in [0.15, 0.2) is 5.88 Å². The molecule has 5 rings (SSSR count). The predicted molar refractivity (Wildman–Crippen MR) is 140 cm³/mol. The van der Waals surface area contributed by atoms with E-state index in [1.54, 1.807) is 6.07 Å². The number of likely N-dealkylation sites (tertiary alicyclic amines) is 1. The molecule has 1 fully saturated rings. The summed E-state index contributed by atoms with van der Waals surface area (Å²) in [6.07, 6.45) is 5.50. The Morgan fingerprint density at radius 3 is 2.58 bits per heavy atom. The lowest BCUT2D eigenvalue weighted by atomic mass is 10.0. The highest BCUT2D eigenvalue weighted by Crippen LogP contribution is 2.33. The summed E-state index contributed by atoms with van der Waals surface area (Å²) in [5, 5.41) is 22.7. The number of amides is 1. The van der Waals surface area contributed by atoms with Crippen LogP contribution < -0.4 is 0 Å². The number of H-pyrrole nitrogens is 1. The van der Waals surface area contributed by atoms with Gasteiger partial charge >= 0.3 is 0 Å². The second kappa shape index (κ2) is 9.87. The molecule has 180 valence electrons. The van der Waals surface area contributed by atoms with Crippen molar-refractivity contribution in [2.75, 3.05) is 13.1 Å². The average molecular weight is 481 g/mol. The van der Waals surface area contributed by atoms with Gasteiger partial charge in [-0.15, -0.1) is 0 Å². The molecule has 4 aromatic rings. The molecule has 0 aliphatic carbocycles.